The Kier molecular flexibility index (Phi) is 5.11. The number of nitrogens with one attached hydrogen (secondary N) is 1. The second-order valence-corrected chi connectivity index (χ2v) is 5.55. The molecule has 5 heteroatoms. The summed E-state index contributed by atoms with van der Waals surface area (Å²) < 4.78 is 0. The van der Waals surface area contributed by atoms with E-state index in [2.05, 4.69) is 29.0 Å². The van der Waals surface area contributed by atoms with Crippen LogP contribution in [-0.4, -0.2) is 27.5 Å². The molecule has 4 nitrogen and oxygen atoms in total. The molecule has 0 amide bonds. The molecule has 0 aliphatic rings. The van der Waals surface area contributed by atoms with Gasteiger partial charge in [-0.05, 0) is 24.8 Å². The van der Waals surface area contributed by atoms with E-state index in [4.69, 9.17) is 5.73 Å². The number of hydrogen-bond acceptors (Lipinski definition) is 4. The van der Waals surface area contributed by atoms with Gasteiger partial charge in [-0.25, -0.2) is 4.98 Å². The largest absolute Gasteiger partial charge is 0.330 e. The summed E-state index contributed by atoms with van der Waals surface area (Å²) in [7, 11) is 0. The van der Waals surface area contributed by atoms with Crippen LogP contribution in [0, 0.1) is 5.41 Å². The third-order valence-corrected chi connectivity index (χ3v) is 3.40. The first-order valence-corrected chi connectivity index (χ1v) is 6.31. The van der Waals surface area contributed by atoms with Crippen molar-refractivity contribution in [2.24, 2.45) is 11.1 Å². The Balaban J connectivity index is 2.03. The highest BCUT2D eigenvalue weighted by Crippen LogP contribution is 2.22. The van der Waals surface area contributed by atoms with Crippen LogP contribution in [0.5, 0.6) is 0 Å². The Hall–Kier alpha value is -0.550. The van der Waals surface area contributed by atoms with E-state index in [1.54, 1.807) is 18.1 Å². The molecule has 0 spiro atoms. The fourth-order valence-electron chi connectivity index (χ4n) is 1.24. The Morgan fingerprint density at radius 3 is 2.87 bits per heavy atom. The molecule has 1 rings (SSSR count). The van der Waals surface area contributed by atoms with Crippen molar-refractivity contribution < 1.29 is 0 Å². The number of rotatable bonds is 7. The van der Waals surface area contributed by atoms with Gasteiger partial charge >= 0.3 is 0 Å². The van der Waals surface area contributed by atoms with Gasteiger partial charge in [0.05, 0.1) is 0 Å². The van der Waals surface area contributed by atoms with E-state index in [0.717, 1.165) is 17.5 Å². The van der Waals surface area contributed by atoms with Crippen molar-refractivity contribution >= 4 is 11.8 Å². The van der Waals surface area contributed by atoms with Gasteiger partial charge in [-0.2, -0.15) is 5.10 Å². The maximum Gasteiger partial charge on any atom is 0.183 e. The average molecular weight is 228 g/mol. The lowest BCUT2D eigenvalue weighted by Crippen LogP contribution is -2.23. The topological polar surface area (TPSA) is 67.6 Å². The van der Waals surface area contributed by atoms with Crippen LogP contribution in [0.3, 0.4) is 0 Å². The summed E-state index contributed by atoms with van der Waals surface area (Å²) in [5.41, 5.74) is 5.96. The number of aromatic amines is 1. The number of nitrogens with zero attached hydrogens (tertiary/aromatic N) is 2. The number of thioether (sulfide) groups is 1. The number of nitrogens with two attached hydrogens (primary N) is 1. The van der Waals surface area contributed by atoms with Crippen molar-refractivity contribution in [1.29, 1.82) is 0 Å². The predicted molar refractivity (Wildman–Crippen MR) is 63.8 cm³/mol. The van der Waals surface area contributed by atoms with E-state index in [-0.39, 0.29) is 5.41 Å². The van der Waals surface area contributed by atoms with Crippen LogP contribution in [0.2, 0.25) is 0 Å². The maximum absolute atomic E-state index is 5.67. The van der Waals surface area contributed by atoms with E-state index in [1.165, 1.54) is 19.3 Å². The van der Waals surface area contributed by atoms with E-state index in [9.17, 15) is 0 Å². The quantitative estimate of drug-likeness (QED) is 0.553. The lowest BCUT2D eigenvalue weighted by Gasteiger charge is -2.21. The van der Waals surface area contributed by atoms with Crippen LogP contribution in [0.25, 0.3) is 0 Å². The Morgan fingerprint density at radius 2 is 2.27 bits per heavy atom. The molecule has 0 bridgehead atoms. The minimum Gasteiger partial charge on any atom is -0.330 e. The molecule has 0 unspecified atom stereocenters. The second-order valence-electron chi connectivity index (χ2n) is 4.46. The lowest BCUT2D eigenvalue weighted by atomic mass is 9.88. The summed E-state index contributed by atoms with van der Waals surface area (Å²) in [4.78, 5) is 4.06. The summed E-state index contributed by atoms with van der Waals surface area (Å²) >= 11 is 1.72. The molecule has 3 N–H and O–H groups in total. The number of H-pyrrole nitrogens is 1. The van der Waals surface area contributed by atoms with Gasteiger partial charge in [0, 0.05) is 5.75 Å². The van der Waals surface area contributed by atoms with Gasteiger partial charge < -0.3 is 5.73 Å². The summed E-state index contributed by atoms with van der Waals surface area (Å²) in [6.45, 7) is 5.20. The van der Waals surface area contributed by atoms with Gasteiger partial charge in [0.15, 0.2) is 5.16 Å². The zero-order valence-electron chi connectivity index (χ0n) is 9.49. The lowest BCUT2D eigenvalue weighted by molar-refractivity contribution is 0.336. The molecular weight excluding hydrogens is 208 g/mol. The van der Waals surface area contributed by atoms with Crippen LogP contribution in [0.15, 0.2) is 11.5 Å². The monoisotopic (exact) mass is 228 g/mol. The van der Waals surface area contributed by atoms with Crippen molar-refractivity contribution in [3.8, 4) is 0 Å². The van der Waals surface area contributed by atoms with Gasteiger partial charge in [-0.3, -0.25) is 5.10 Å². The highest BCUT2D eigenvalue weighted by atomic mass is 32.2. The average Bonchev–Trinajstić information content (AvgIpc) is 2.70. The first-order chi connectivity index (χ1) is 7.14. The Labute approximate surface area is 95.4 Å². The van der Waals surface area contributed by atoms with Crippen molar-refractivity contribution in [2.45, 2.75) is 38.3 Å². The molecule has 0 fully saturated rings. The van der Waals surface area contributed by atoms with Gasteiger partial charge in [-0.1, -0.05) is 32.0 Å². The van der Waals surface area contributed by atoms with Crippen molar-refractivity contribution in [3.63, 3.8) is 0 Å². The highest BCUT2D eigenvalue weighted by Gasteiger charge is 2.14. The first kappa shape index (κ1) is 12.5. The van der Waals surface area contributed by atoms with E-state index < -0.39 is 0 Å². The van der Waals surface area contributed by atoms with Crippen LogP contribution >= 0.6 is 11.8 Å². The minimum atomic E-state index is 0.289. The molecule has 0 saturated carbocycles. The smallest absolute Gasteiger partial charge is 0.183 e. The zero-order valence-corrected chi connectivity index (χ0v) is 10.3. The Bertz CT molecular complexity index is 258. The molecule has 1 heterocycles. The molecule has 86 valence electrons. The van der Waals surface area contributed by atoms with E-state index >= 15 is 0 Å². The van der Waals surface area contributed by atoms with E-state index in [0.29, 0.717) is 0 Å². The minimum absolute atomic E-state index is 0.289. The summed E-state index contributed by atoms with van der Waals surface area (Å²) in [6, 6.07) is 0. The normalized spacial score (nSPS) is 11.9. The molecule has 0 aromatic carbocycles. The van der Waals surface area contributed by atoms with Gasteiger partial charge in [-0.15, -0.1) is 0 Å². The molecule has 1 aromatic rings. The van der Waals surface area contributed by atoms with Crippen molar-refractivity contribution in [2.75, 3.05) is 12.3 Å². The van der Waals surface area contributed by atoms with Crippen molar-refractivity contribution in [1.82, 2.24) is 15.2 Å². The number of aromatic nitrogens is 3. The standard InChI is InChI=1S/C10H20N4S/c1-10(2,7-11)5-3-4-6-15-9-12-8-13-14-9/h8H,3-7,11H2,1-2H3,(H,12,13,14). The maximum atomic E-state index is 5.67. The SMILES string of the molecule is CC(C)(CN)CCCCSc1ncn[nH]1. The fraction of sp³-hybridized carbons (Fsp3) is 0.800. The first-order valence-electron chi connectivity index (χ1n) is 5.32. The van der Waals surface area contributed by atoms with E-state index in [1.807, 2.05) is 0 Å². The summed E-state index contributed by atoms with van der Waals surface area (Å²) in [5.74, 6) is 1.09. The molecular formula is C10H20N4S. The molecule has 0 radical (unpaired) electrons. The van der Waals surface area contributed by atoms with Gasteiger partial charge in [0.1, 0.15) is 6.33 Å². The summed E-state index contributed by atoms with van der Waals surface area (Å²) in [6.07, 6.45) is 5.17. The van der Waals surface area contributed by atoms with Crippen LogP contribution < -0.4 is 5.73 Å². The van der Waals surface area contributed by atoms with Crippen LogP contribution in [0.1, 0.15) is 33.1 Å². The fourth-order valence-corrected chi connectivity index (χ4v) is 2.02. The summed E-state index contributed by atoms with van der Waals surface area (Å²) in [5, 5.41) is 7.55. The molecule has 0 aliphatic carbocycles. The highest BCUT2D eigenvalue weighted by molar-refractivity contribution is 7.99. The van der Waals surface area contributed by atoms with Crippen molar-refractivity contribution in [3.05, 3.63) is 6.33 Å². The number of hydrogen-bond donors (Lipinski definition) is 2. The van der Waals surface area contributed by atoms with Gasteiger partial charge in [0.2, 0.25) is 0 Å². The third-order valence-electron chi connectivity index (χ3n) is 2.43. The van der Waals surface area contributed by atoms with Gasteiger partial charge in [0.25, 0.3) is 0 Å². The molecule has 0 saturated heterocycles. The second kappa shape index (κ2) is 6.12. The molecule has 1 aromatic heterocycles. The van der Waals surface area contributed by atoms with Crippen LogP contribution in [0.4, 0.5) is 0 Å². The molecule has 15 heavy (non-hydrogen) atoms. The number of unbranched alkanes of at least 4 members (excludes halogenated alkanes) is 1. The Morgan fingerprint density at radius 1 is 1.47 bits per heavy atom. The molecule has 0 aliphatic heterocycles. The molecule has 0 atom stereocenters. The van der Waals surface area contributed by atoms with Crippen LogP contribution in [-0.2, 0) is 0 Å². The zero-order chi connectivity index (χ0) is 11.1. The third kappa shape index (κ3) is 5.18. The predicted octanol–water partition coefficient (Wildman–Crippen LogP) is 2.05.